The number of ketones is 1. The van der Waals surface area contributed by atoms with Gasteiger partial charge >= 0.3 is 0 Å². The van der Waals surface area contributed by atoms with Gasteiger partial charge in [0.2, 0.25) is 11.7 Å². The first-order valence-corrected chi connectivity index (χ1v) is 3.64. The van der Waals surface area contributed by atoms with Crippen LogP contribution in [0.5, 0.6) is 0 Å². The molecule has 70 valence electrons. The minimum Gasteiger partial charge on any atom is -0.461 e. The summed E-state index contributed by atoms with van der Waals surface area (Å²) in [4.78, 5) is 21.7. The molecule has 0 saturated carbocycles. The fraction of sp³-hybridized carbons (Fsp3) is 0.250. The third-order valence-corrected chi connectivity index (χ3v) is 1.35. The Bertz CT molecular complexity index is 304. The zero-order valence-corrected chi connectivity index (χ0v) is 6.98. The van der Waals surface area contributed by atoms with Crippen LogP contribution in [0.1, 0.15) is 17.5 Å². The van der Waals surface area contributed by atoms with E-state index in [4.69, 9.17) is 9.52 Å². The van der Waals surface area contributed by atoms with Crippen molar-refractivity contribution in [3.05, 3.63) is 24.2 Å². The zero-order chi connectivity index (χ0) is 9.84. The highest BCUT2D eigenvalue weighted by Crippen LogP contribution is 2.02. The molecule has 1 atom stereocenters. The van der Waals surface area contributed by atoms with E-state index >= 15 is 0 Å². The molecular weight excluding hydrogens is 174 g/mol. The predicted molar refractivity (Wildman–Crippen MR) is 42.9 cm³/mol. The average Bonchev–Trinajstić information content (AvgIpc) is 2.53. The van der Waals surface area contributed by atoms with Crippen LogP contribution in [0.2, 0.25) is 0 Å². The highest BCUT2D eigenvalue weighted by molar-refractivity contribution is 5.98. The number of rotatable bonds is 3. The molecular formula is C8H9NO4. The topological polar surface area (TPSA) is 79.5 Å². The third kappa shape index (κ3) is 2.41. The molecule has 0 radical (unpaired) electrons. The predicted octanol–water partition coefficient (Wildman–Crippen LogP) is -0.0832. The molecule has 5 heteroatoms. The largest absolute Gasteiger partial charge is 0.461 e. The van der Waals surface area contributed by atoms with Crippen molar-refractivity contribution in [1.82, 2.24) is 5.32 Å². The lowest BCUT2D eigenvalue weighted by Crippen LogP contribution is -2.39. The minimum atomic E-state index is -1.54. The lowest BCUT2D eigenvalue weighted by Gasteiger charge is -2.07. The molecule has 1 rings (SSSR count). The molecule has 0 fully saturated rings. The van der Waals surface area contributed by atoms with Crippen molar-refractivity contribution < 1.29 is 19.1 Å². The van der Waals surface area contributed by atoms with Crippen molar-refractivity contribution in [2.24, 2.45) is 0 Å². The summed E-state index contributed by atoms with van der Waals surface area (Å²) in [5, 5.41) is 11.2. The van der Waals surface area contributed by atoms with Gasteiger partial charge in [-0.05, 0) is 12.1 Å². The summed E-state index contributed by atoms with van der Waals surface area (Å²) < 4.78 is 4.74. The molecule has 0 spiro atoms. The Morgan fingerprint density at radius 2 is 2.31 bits per heavy atom. The van der Waals surface area contributed by atoms with Crippen LogP contribution in [-0.2, 0) is 4.79 Å². The average molecular weight is 183 g/mol. The highest BCUT2D eigenvalue weighted by Gasteiger charge is 2.19. The molecule has 0 unspecified atom stereocenters. The molecule has 1 aromatic rings. The van der Waals surface area contributed by atoms with E-state index in [-0.39, 0.29) is 5.76 Å². The fourth-order valence-corrected chi connectivity index (χ4v) is 0.812. The second-order valence-electron chi connectivity index (χ2n) is 2.44. The van der Waals surface area contributed by atoms with Crippen LogP contribution in [0.25, 0.3) is 0 Å². The first kappa shape index (κ1) is 9.47. The number of furan rings is 1. The Morgan fingerprint density at radius 1 is 1.62 bits per heavy atom. The maximum atomic E-state index is 11.2. The van der Waals surface area contributed by atoms with E-state index in [0.29, 0.717) is 0 Å². The van der Waals surface area contributed by atoms with E-state index in [9.17, 15) is 9.59 Å². The highest BCUT2D eigenvalue weighted by atomic mass is 16.3. The molecule has 0 aliphatic rings. The Hall–Kier alpha value is -1.62. The lowest BCUT2D eigenvalue weighted by molar-refractivity contribution is -0.121. The first-order chi connectivity index (χ1) is 6.11. The molecule has 0 aliphatic carbocycles. The summed E-state index contributed by atoms with van der Waals surface area (Å²) in [5.74, 6) is -1.13. The van der Waals surface area contributed by atoms with Crippen molar-refractivity contribution in [2.75, 3.05) is 0 Å². The molecule has 0 saturated heterocycles. The van der Waals surface area contributed by atoms with Crippen LogP contribution < -0.4 is 5.32 Å². The second-order valence-corrected chi connectivity index (χ2v) is 2.44. The van der Waals surface area contributed by atoms with Gasteiger partial charge < -0.3 is 14.8 Å². The number of amides is 1. The first-order valence-electron chi connectivity index (χ1n) is 3.64. The number of Topliss-reactive ketones (excluding diaryl/α,β-unsaturated/α-hetero) is 1. The van der Waals surface area contributed by atoms with Crippen molar-refractivity contribution >= 4 is 11.7 Å². The van der Waals surface area contributed by atoms with Gasteiger partial charge in [-0.1, -0.05) is 0 Å². The minimum absolute atomic E-state index is 0.0150. The molecule has 1 amide bonds. The number of carbonyl (C=O) groups is 2. The molecule has 0 bridgehead atoms. The lowest BCUT2D eigenvalue weighted by atomic mass is 10.3. The fourth-order valence-electron chi connectivity index (χ4n) is 0.812. The van der Waals surface area contributed by atoms with E-state index in [1.807, 2.05) is 5.32 Å². The number of aliphatic hydroxyl groups is 1. The second kappa shape index (κ2) is 3.86. The Balaban J connectivity index is 2.63. The van der Waals surface area contributed by atoms with Crippen LogP contribution in [0.4, 0.5) is 0 Å². The van der Waals surface area contributed by atoms with E-state index in [0.717, 1.165) is 0 Å². The monoisotopic (exact) mass is 183 g/mol. The van der Waals surface area contributed by atoms with Gasteiger partial charge in [0.1, 0.15) is 0 Å². The zero-order valence-electron chi connectivity index (χ0n) is 6.98. The maximum Gasteiger partial charge on any atom is 0.246 e. The normalized spacial score (nSPS) is 12.2. The van der Waals surface area contributed by atoms with Crippen molar-refractivity contribution in [3.63, 3.8) is 0 Å². The van der Waals surface area contributed by atoms with Crippen LogP contribution in [0.15, 0.2) is 22.8 Å². The molecule has 0 aliphatic heterocycles. The smallest absolute Gasteiger partial charge is 0.246 e. The summed E-state index contributed by atoms with van der Waals surface area (Å²) in [6.07, 6.45) is -0.225. The Kier molecular flexibility index (Phi) is 2.81. The molecule has 1 aromatic heterocycles. The van der Waals surface area contributed by atoms with Gasteiger partial charge in [0.25, 0.3) is 0 Å². The quantitative estimate of drug-likeness (QED) is 0.507. The number of hydrogen-bond acceptors (Lipinski definition) is 4. The summed E-state index contributed by atoms with van der Waals surface area (Å²) in [6.45, 7) is 1.21. The molecule has 13 heavy (non-hydrogen) atoms. The van der Waals surface area contributed by atoms with Crippen LogP contribution >= 0.6 is 0 Å². The molecule has 2 N–H and O–H groups in total. The van der Waals surface area contributed by atoms with Gasteiger partial charge in [0, 0.05) is 6.92 Å². The van der Waals surface area contributed by atoms with Gasteiger partial charge in [0.15, 0.2) is 12.0 Å². The van der Waals surface area contributed by atoms with Crippen molar-refractivity contribution in [1.29, 1.82) is 0 Å². The molecule has 5 nitrogen and oxygen atoms in total. The number of hydrogen-bond donors (Lipinski definition) is 2. The van der Waals surface area contributed by atoms with Gasteiger partial charge in [-0.3, -0.25) is 9.59 Å². The SMILES string of the molecule is CC(=O)N[C@H](O)C(=O)c1ccco1. The van der Waals surface area contributed by atoms with E-state index in [2.05, 4.69) is 0 Å². The number of nitrogens with one attached hydrogen (secondary N) is 1. The summed E-state index contributed by atoms with van der Waals surface area (Å²) in [6, 6.07) is 2.93. The van der Waals surface area contributed by atoms with Gasteiger partial charge in [-0.2, -0.15) is 0 Å². The third-order valence-electron chi connectivity index (χ3n) is 1.35. The number of carbonyl (C=O) groups excluding carboxylic acids is 2. The molecule has 0 aromatic carbocycles. The van der Waals surface area contributed by atoms with E-state index in [1.165, 1.54) is 25.3 Å². The van der Waals surface area contributed by atoms with Gasteiger partial charge in [-0.15, -0.1) is 0 Å². The summed E-state index contributed by atoms with van der Waals surface area (Å²) in [5.41, 5.74) is 0. The van der Waals surface area contributed by atoms with Crippen molar-refractivity contribution in [3.8, 4) is 0 Å². The maximum absolute atomic E-state index is 11.2. The summed E-state index contributed by atoms with van der Waals surface area (Å²) >= 11 is 0. The van der Waals surface area contributed by atoms with Crippen LogP contribution in [-0.4, -0.2) is 23.0 Å². The van der Waals surface area contributed by atoms with E-state index in [1.54, 1.807) is 0 Å². The molecule has 1 heterocycles. The van der Waals surface area contributed by atoms with Gasteiger partial charge in [-0.25, -0.2) is 0 Å². The van der Waals surface area contributed by atoms with Crippen LogP contribution in [0, 0.1) is 0 Å². The standard InChI is InChI=1S/C8H9NO4/c1-5(10)9-8(12)7(11)6-3-2-4-13-6/h2-4,8,12H,1H3,(H,9,10)/t8-/m1/s1. The van der Waals surface area contributed by atoms with Gasteiger partial charge in [0.05, 0.1) is 6.26 Å². The van der Waals surface area contributed by atoms with E-state index < -0.39 is 17.9 Å². The summed E-state index contributed by atoms with van der Waals surface area (Å²) in [7, 11) is 0. The Labute approximate surface area is 74.4 Å². The Morgan fingerprint density at radius 3 is 2.77 bits per heavy atom. The van der Waals surface area contributed by atoms with Crippen molar-refractivity contribution in [2.45, 2.75) is 13.2 Å². The number of aliphatic hydroxyl groups excluding tert-OH is 1. The van der Waals surface area contributed by atoms with Crippen LogP contribution in [0.3, 0.4) is 0 Å².